The van der Waals surface area contributed by atoms with Crippen molar-refractivity contribution in [1.82, 2.24) is 0 Å². The van der Waals surface area contributed by atoms with Crippen LogP contribution >= 0.6 is 0 Å². The Morgan fingerprint density at radius 1 is 0.909 bits per heavy atom. The Bertz CT molecular complexity index is 702. The van der Waals surface area contributed by atoms with E-state index in [0.717, 1.165) is 0 Å². The monoisotopic (exact) mass is 298 g/mol. The number of benzene rings is 2. The molecule has 0 radical (unpaired) electrons. The molecule has 4 nitrogen and oxygen atoms in total. The fourth-order valence-corrected chi connectivity index (χ4v) is 2.34. The van der Waals surface area contributed by atoms with Crippen molar-refractivity contribution in [3.63, 3.8) is 0 Å². The molecule has 0 aliphatic carbocycles. The molecule has 4 heteroatoms. The molecule has 0 amide bonds. The van der Waals surface area contributed by atoms with Gasteiger partial charge in [-0.25, -0.2) is 0 Å². The van der Waals surface area contributed by atoms with Gasteiger partial charge >= 0.3 is 0 Å². The van der Waals surface area contributed by atoms with Gasteiger partial charge in [0, 0.05) is 17.2 Å². The second-order valence-electron chi connectivity index (χ2n) is 4.62. The van der Waals surface area contributed by atoms with E-state index in [-0.39, 0.29) is 0 Å². The van der Waals surface area contributed by atoms with Crippen molar-refractivity contribution in [2.24, 2.45) is 0 Å². The fourth-order valence-electron chi connectivity index (χ4n) is 2.34. The summed E-state index contributed by atoms with van der Waals surface area (Å²) in [6.07, 6.45) is 5.65. The van der Waals surface area contributed by atoms with Crippen molar-refractivity contribution >= 4 is 0 Å². The Balaban J connectivity index is 2.68. The van der Waals surface area contributed by atoms with E-state index < -0.39 is 5.60 Å². The second kappa shape index (κ2) is 6.42. The molecular weight excluding hydrogens is 280 g/mol. The molecule has 0 saturated carbocycles. The maximum Gasteiger partial charge on any atom is 0.183 e. The van der Waals surface area contributed by atoms with Crippen LogP contribution in [-0.4, -0.2) is 26.4 Å². The average Bonchev–Trinajstić information content (AvgIpc) is 2.60. The van der Waals surface area contributed by atoms with E-state index in [1.165, 1.54) is 14.2 Å². The molecule has 1 unspecified atom stereocenters. The van der Waals surface area contributed by atoms with Gasteiger partial charge in [0.2, 0.25) is 0 Å². The van der Waals surface area contributed by atoms with Crippen LogP contribution in [0.15, 0.2) is 42.5 Å². The molecule has 2 rings (SSSR count). The van der Waals surface area contributed by atoms with Crippen LogP contribution in [0, 0.1) is 12.3 Å². The molecule has 1 N–H and O–H groups in total. The van der Waals surface area contributed by atoms with Gasteiger partial charge in [-0.2, -0.15) is 0 Å². The number of rotatable bonds is 5. The molecule has 0 aliphatic rings. The maximum atomic E-state index is 11.1. The molecule has 0 aromatic heterocycles. The normalized spacial score (nSPS) is 12.9. The maximum absolute atomic E-state index is 11.1. The predicted octanol–water partition coefficient (Wildman–Crippen LogP) is 2.58. The van der Waals surface area contributed by atoms with E-state index in [1.807, 2.05) is 6.07 Å². The van der Waals surface area contributed by atoms with Crippen LogP contribution in [0.1, 0.15) is 11.1 Å². The lowest BCUT2D eigenvalue weighted by Crippen LogP contribution is -2.26. The molecule has 114 valence electrons. The SMILES string of the molecule is C#CC(O)(c1ccccc1OC)c1ccc(OC)cc1OC. The summed E-state index contributed by atoms with van der Waals surface area (Å²) < 4.78 is 15.8. The van der Waals surface area contributed by atoms with E-state index in [0.29, 0.717) is 28.4 Å². The predicted molar refractivity (Wildman–Crippen MR) is 84.4 cm³/mol. The first-order valence-electron chi connectivity index (χ1n) is 6.66. The summed E-state index contributed by atoms with van der Waals surface area (Å²) in [5, 5.41) is 11.1. The molecular formula is C18H18O4. The number of para-hydroxylation sites is 1. The van der Waals surface area contributed by atoms with Crippen molar-refractivity contribution in [3.05, 3.63) is 53.6 Å². The lowest BCUT2D eigenvalue weighted by molar-refractivity contribution is 0.137. The van der Waals surface area contributed by atoms with Gasteiger partial charge in [0.15, 0.2) is 5.60 Å². The molecule has 0 fully saturated rings. The molecule has 0 aliphatic heterocycles. The van der Waals surface area contributed by atoms with E-state index in [1.54, 1.807) is 43.5 Å². The van der Waals surface area contributed by atoms with Crippen LogP contribution in [0.25, 0.3) is 0 Å². The topological polar surface area (TPSA) is 47.9 Å². The zero-order valence-electron chi connectivity index (χ0n) is 12.8. The molecule has 2 aromatic rings. The fraction of sp³-hybridized carbons (Fsp3) is 0.222. The Kier molecular flexibility index (Phi) is 4.59. The van der Waals surface area contributed by atoms with E-state index in [2.05, 4.69) is 5.92 Å². The summed E-state index contributed by atoms with van der Waals surface area (Å²) in [5.74, 6) is 4.00. The summed E-state index contributed by atoms with van der Waals surface area (Å²) >= 11 is 0. The lowest BCUT2D eigenvalue weighted by atomic mass is 9.85. The number of ether oxygens (including phenoxy) is 3. The van der Waals surface area contributed by atoms with Crippen LogP contribution < -0.4 is 14.2 Å². The minimum Gasteiger partial charge on any atom is -0.497 e. The third-order valence-corrected chi connectivity index (χ3v) is 3.50. The van der Waals surface area contributed by atoms with Gasteiger partial charge in [-0.3, -0.25) is 0 Å². The van der Waals surface area contributed by atoms with Crippen molar-refractivity contribution in [3.8, 4) is 29.6 Å². The molecule has 0 heterocycles. The van der Waals surface area contributed by atoms with Gasteiger partial charge in [-0.15, -0.1) is 6.42 Å². The van der Waals surface area contributed by atoms with Crippen LogP contribution in [0.5, 0.6) is 17.2 Å². The average molecular weight is 298 g/mol. The van der Waals surface area contributed by atoms with Crippen LogP contribution in [0.3, 0.4) is 0 Å². The standard InChI is InChI=1S/C18H18O4/c1-5-18(19,14-8-6-7-9-16(14)21-3)15-11-10-13(20-2)12-17(15)22-4/h1,6-12,19H,2-4H3. The number of terminal acetylenes is 1. The first-order chi connectivity index (χ1) is 10.6. The molecule has 0 spiro atoms. The Hall–Kier alpha value is -2.64. The van der Waals surface area contributed by atoms with E-state index in [4.69, 9.17) is 20.6 Å². The number of methoxy groups -OCH3 is 3. The van der Waals surface area contributed by atoms with E-state index >= 15 is 0 Å². The van der Waals surface area contributed by atoms with E-state index in [9.17, 15) is 5.11 Å². The van der Waals surface area contributed by atoms with Crippen molar-refractivity contribution in [1.29, 1.82) is 0 Å². The number of hydrogen-bond acceptors (Lipinski definition) is 4. The minimum absolute atomic E-state index is 0.436. The van der Waals surface area contributed by atoms with Gasteiger partial charge in [-0.05, 0) is 18.2 Å². The van der Waals surface area contributed by atoms with Crippen LogP contribution in [0.2, 0.25) is 0 Å². The van der Waals surface area contributed by atoms with Gasteiger partial charge in [-0.1, -0.05) is 24.1 Å². The molecule has 0 bridgehead atoms. The Morgan fingerprint density at radius 2 is 1.55 bits per heavy atom. The quantitative estimate of drug-likeness (QED) is 0.862. The number of hydrogen-bond donors (Lipinski definition) is 1. The summed E-state index contributed by atoms with van der Waals surface area (Å²) in [5.41, 5.74) is -0.754. The van der Waals surface area contributed by atoms with Crippen molar-refractivity contribution in [2.75, 3.05) is 21.3 Å². The van der Waals surface area contributed by atoms with Crippen molar-refractivity contribution in [2.45, 2.75) is 5.60 Å². The summed E-state index contributed by atoms with van der Waals surface area (Å²) in [6, 6.07) is 12.1. The first kappa shape index (κ1) is 15.7. The molecule has 2 aromatic carbocycles. The third kappa shape index (κ3) is 2.59. The highest BCUT2D eigenvalue weighted by Crippen LogP contribution is 2.40. The van der Waals surface area contributed by atoms with Gasteiger partial charge in [0.25, 0.3) is 0 Å². The second-order valence-corrected chi connectivity index (χ2v) is 4.62. The lowest BCUT2D eigenvalue weighted by Gasteiger charge is -2.27. The molecule has 0 saturated heterocycles. The Morgan fingerprint density at radius 3 is 2.14 bits per heavy atom. The van der Waals surface area contributed by atoms with Gasteiger partial charge < -0.3 is 19.3 Å². The first-order valence-corrected chi connectivity index (χ1v) is 6.66. The Labute approximate surface area is 130 Å². The summed E-state index contributed by atoms with van der Waals surface area (Å²) in [4.78, 5) is 0. The smallest absolute Gasteiger partial charge is 0.183 e. The number of aliphatic hydroxyl groups is 1. The molecule has 1 atom stereocenters. The van der Waals surface area contributed by atoms with Crippen LogP contribution in [0.4, 0.5) is 0 Å². The highest BCUT2D eigenvalue weighted by Gasteiger charge is 2.35. The molecule has 22 heavy (non-hydrogen) atoms. The highest BCUT2D eigenvalue weighted by atomic mass is 16.5. The summed E-state index contributed by atoms with van der Waals surface area (Å²) in [7, 11) is 4.60. The zero-order valence-corrected chi connectivity index (χ0v) is 12.8. The van der Waals surface area contributed by atoms with Crippen molar-refractivity contribution < 1.29 is 19.3 Å². The van der Waals surface area contributed by atoms with Crippen LogP contribution in [-0.2, 0) is 5.60 Å². The largest absolute Gasteiger partial charge is 0.497 e. The summed E-state index contributed by atoms with van der Waals surface area (Å²) in [6.45, 7) is 0. The van der Waals surface area contributed by atoms with Gasteiger partial charge in [0.05, 0.1) is 21.3 Å². The third-order valence-electron chi connectivity index (χ3n) is 3.50. The van der Waals surface area contributed by atoms with Gasteiger partial charge in [0.1, 0.15) is 17.2 Å². The zero-order chi connectivity index (χ0) is 16.2. The highest BCUT2D eigenvalue weighted by molar-refractivity contribution is 5.56. The minimum atomic E-state index is -1.68.